The smallest absolute Gasteiger partial charge is 0.130 e. The van der Waals surface area contributed by atoms with Crippen LogP contribution in [0, 0.1) is 0 Å². The zero-order valence-electron chi connectivity index (χ0n) is 18.7. The fourth-order valence-electron chi connectivity index (χ4n) is 4.33. The van der Waals surface area contributed by atoms with Crippen molar-refractivity contribution in [1.82, 2.24) is 4.57 Å². The van der Waals surface area contributed by atoms with Crippen molar-refractivity contribution in [2.24, 2.45) is 0 Å². The number of hydrogen-bond donors (Lipinski definition) is 0. The van der Waals surface area contributed by atoms with Gasteiger partial charge in [0.15, 0.2) is 0 Å². The molecule has 0 amide bonds. The Morgan fingerprint density at radius 2 is 1.18 bits per heavy atom. The summed E-state index contributed by atoms with van der Waals surface area (Å²) in [5.74, 6) is 0.246. The van der Waals surface area contributed by atoms with Crippen LogP contribution in [0.4, 0.5) is 0 Å². The van der Waals surface area contributed by atoms with E-state index in [4.69, 9.17) is 0 Å². The molecule has 0 saturated carbocycles. The maximum Gasteiger partial charge on any atom is 0.130 e. The van der Waals surface area contributed by atoms with Gasteiger partial charge in [-0.05, 0) is 36.2 Å². The van der Waals surface area contributed by atoms with Crippen LogP contribution in [0.25, 0.3) is 27.5 Å². The van der Waals surface area contributed by atoms with Gasteiger partial charge in [-0.25, -0.2) is 12.1 Å². The van der Waals surface area contributed by atoms with Gasteiger partial charge in [0.1, 0.15) is 5.78 Å². The molecule has 6 aromatic rings. The first-order valence-corrected chi connectivity index (χ1v) is 11.3. The van der Waals surface area contributed by atoms with E-state index in [2.05, 4.69) is 77.4 Å². The van der Waals surface area contributed by atoms with E-state index in [1.54, 1.807) is 0 Å². The van der Waals surface area contributed by atoms with Crippen LogP contribution >= 0.6 is 0 Å². The van der Waals surface area contributed by atoms with Crippen molar-refractivity contribution in [3.63, 3.8) is 0 Å². The van der Waals surface area contributed by atoms with Crippen molar-refractivity contribution >= 4 is 27.6 Å². The van der Waals surface area contributed by atoms with Crippen molar-refractivity contribution in [2.75, 3.05) is 0 Å². The molecular formula is C31H25FeNO-6. The van der Waals surface area contributed by atoms with Crippen LogP contribution in [-0.4, -0.2) is 10.4 Å². The van der Waals surface area contributed by atoms with E-state index >= 15 is 0 Å². The number of ketones is 1. The molecule has 34 heavy (non-hydrogen) atoms. The van der Waals surface area contributed by atoms with Gasteiger partial charge in [-0.1, -0.05) is 48.5 Å². The van der Waals surface area contributed by atoms with Crippen LogP contribution in [0.3, 0.4) is 0 Å². The summed E-state index contributed by atoms with van der Waals surface area (Å²) in [4.78, 5) is 12.3. The zero-order chi connectivity index (χ0) is 22.5. The van der Waals surface area contributed by atoms with Gasteiger partial charge < -0.3 is 39.7 Å². The first-order valence-electron chi connectivity index (χ1n) is 11.3. The molecule has 0 radical (unpaired) electrons. The Morgan fingerprint density at radius 1 is 0.676 bits per heavy atom. The normalized spacial score (nSPS) is 10.5. The van der Waals surface area contributed by atoms with E-state index < -0.39 is 0 Å². The number of nitrogens with zero attached hydrogens (tertiary/aromatic N) is 1. The summed E-state index contributed by atoms with van der Waals surface area (Å²) >= 11 is 0. The van der Waals surface area contributed by atoms with Gasteiger partial charge in [0.2, 0.25) is 0 Å². The summed E-state index contributed by atoms with van der Waals surface area (Å²) in [6.45, 7) is 0. The minimum absolute atomic E-state index is 0. The fraction of sp³-hybridized carbons (Fsp3) is 0.0645. The third-order valence-electron chi connectivity index (χ3n) is 5.86. The van der Waals surface area contributed by atoms with E-state index in [0.29, 0.717) is 12.8 Å². The number of carbonyl (C=O) groups is 1. The monoisotopic (exact) mass is 483 g/mol. The third kappa shape index (κ3) is 5.12. The molecule has 0 unspecified atom stereocenters. The maximum absolute atomic E-state index is 12.3. The molecule has 6 rings (SSSR count). The molecule has 174 valence electrons. The summed E-state index contributed by atoms with van der Waals surface area (Å²) in [6, 6.07) is 43.3. The molecule has 5 aromatic carbocycles. The summed E-state index contributed by atoms with van der Waals surface area (Å²) in [7, 11) is 0. The Kier molecular flexibility index (Phi) is 7.59. The van der Waals surface area contributed by atoms with E-state index in [1.807, 2.05) is 54.6 Å². The number of benzene rings is 3. The van der Waals surface area contributed by atoms with E-state index in [-0.39, 0.29) is 22.9 Å². The van der Waals surface area contributed by atoms with Crippen molar-refractivity contribution in [3.8, 4) is 5.69 Å². The number of fused-ring (bicyclic) bond motifs is 3. The molecule has 0 N–H and O–H groups in total. The van der Waals surface area contributed by atoms with Crippen LogP contribution in [0.2, 0.25) is 0 Å². The molecule has 1 heterocycles. The maximum atomic E-state index is 12.3. The number of para-hydroxylation sites is 2. The predicted molar refractivity (Wildman–Crippen MR) is 137 cm³/mol. The molecular weight excluding hydrogens is 458 g/mol. The van der Waals surface area contributed by atoms with Crippen LogP contribution in [0.15, 0.2) is 127 Å². The summed E-state index contributed by atoms with van der Waals surface area (Å²) in [6.07, 6.45) is 0.972. The van der Waals surface area contributed by atoms with E-state index in [1.165, 1.54) is 21.8 Å². The fourth-order valence-corrected chi connectivity index (χ4v) is 4.33. The average molecular weight is 483 g/mol. The number of hydrogen-bond acceptors (Lipinski definition) is 1. The summed E-state index contributed by atoms with van der Waals surface area (Å²) in [5.41, 5.74) is 5.66. The van der Waals surface area contributed by atoms with Crippen LogP contribution in [-0.2, 0) is 34.7 Å². The second kappa shape index (κ2) is 11.0. The minimum atomic E-state index is 0. The third-order valence-corrected chi connectivity index (χ3v) is 5.86. The largest absolute Gasteiger partial charge is 0.748 e. The second-order valence-corrected chi connectivity index (χ2v) is 8.18. The van der Waals surface area contributed by atoms with E-state index in [9.17, 15) is 4.79 Å². The molecule has 0 bridgehead atoms. The van der Waals surface area contributed by atoms with Crippen molar-refractivity contribution in [2.45, 2.75) is 12.8 Å². The van der Waals surface area contributed by atoms with Gasteiger partial charge in [0, 0.05) is 39.9 Å². The molecule has 0 atom stereocenters. The molecule has 0 fully saturated rings. The van der Waals surface area contributed by atoms with Gasteiger partial charge in [0.05, 0.1) is 11.0 Å². The molecule has 1 aromatic heterocycles. The predicted octanol–water partition coefficient (Wildman–Crippen LogP) is 7.26. The molecule has 0 aliphatic rings. The van der Waals surface area contributed by atoms with Crippen LogP contribution < -0.4 is 0 Å². The number of Topliss-reactive ketones (excluding diaryl/α,β-unsaturated/α-hetero) is 1. The van der Waals surface area contributed by atoms with Crippen molar-refractivity contribution in [3.05, 3.63) is 139 Å². The van der Waals surface area contributed by atoms with Crippen LogP contribution in [0.5, 0.6) is 0 Å². The van der Waals surface area contributed by atoms with Gasteiger partial charge in [0.25, 0.3) is 0 Å². The first-order chi connectivity index (χ1) is 16.3. The van der Waals surface area contributed by atoms with Crippen molar-refractivity contribution in [1.29, 1.82) is 0 Å². The van der Waals surface area contributed by atoms with Crippen molar-refractivity contribution < 1.29 is 21.9 Å². The van der Waals surface area contributed by atoms with Gasteiger partial charge >= 0.3 is 0 Å². The topological polar surface area (TPSA) is 22.0 Å². The molecule has 0 spiro atoms. The second-order valence-electron chi connectivity index (χ2n) is 8.18. The summed E-state index contributed by atoms with van der Waals surface area (Å²) in [5, 5.41) is 2.51. The summed E-state index contributed by atoms with van der Waals surface area (Å²) < 4.78 is 2.29. The zero-order valence-corrected chi connectivity index (χ0v) is 19.9. The molecule has 0 aliphatic heterocycles. The van der Waals surface area contributed by atoms with Gasteiger partial charge in [-0.15, -0.1) is 0 Å². The Morgan fingerprint density at radius 3 is 1.71 bits per heavy atom. The standard InChI is InChI=1S/C26H20NO.C5H5.Fe/c28-22(17-19-7-1-2-8-19)18-20-13-15-21(16-14-20)27-25-11-5-3-9-23(25)24-10-4-6-12-26(24)27;1-2-4-5-3-1;/h1-16H,17-18H2;1-5H;/q-1;-5;. The van der Waals surface area contributed by atoms with Gasteiger partial charge in [-0.3, -0.25) is 0 Å². The Balaban J connectivity index is 0.000000407. The Hall–Kier alpha value is -3.65. The van der Waals surface area contributed by atoms with Crippen LogP contribution in [0.1, 0.15) is 11.1 Å². The molecule has 2 nitrogen and oxygen atoms in total. The minimum Gasteiger partial charge on any atom is -0.748 e. The SMILES string of the molecule is O=C(Cc1ccc(-n2c3ccccc3c3ccccc32)cc1)C[c-]1cccc1.[Fe].[cH-]1[cH-][cH-][cH-][cH-]1. The Bertz CT molecular complexity index is 1390. The number of rotatable bonds is 5. The Labute approximate surface area is 210 Å². The average Bonchev–Trinajstić information content (AvgIpc) is 3.62. The van der Waals surface area contributed by atoms with Gasteiger partial charge in [-0.2, -0.15) is 17.7 Å². The molecule has 0 aliphatic carbocycles. The number of carbonyl (C=O) groups excluding carboxylic acids is 1. The number of aromatic nitrogens is 1. The molecule has 0 saturated heterocycles. The van der Waals surface area contributed by atoms with E-state index in [0.717, 1.165) is 16.8 Å². The quantitative estimate of drug-likeness (QED) is 0.187. The molecule has 3 heteroatoms. The first kappa shape index (κ1) is 23.5.